The maximum Gasteiger partial charge on any atom is 0.173 e. The normalized spacial score (nSPS) is 13.6. The molecule has 0 aliphatic heterocycles. The van der Waals surface area contributed by atoms with Gasteiger partial charge in [0.25, 0.3) is 0 Å². The van der Waals surface area contributed by atoms with Crippen molar-refractivity contribution in [2.75, 3.05) is 32.1 Å². The Morgan fingerprint density at radius 3 is 2.60 bits per heavy atom. The van der Waals surface area contributed by atoms with Gasteiger partial charge in [0.2, 0.25) is 0 Å². The second-order valence-electron chi connectivity index (χ2n) is 5.02. The maximum atomic E-state index is 8.99. The third-order valence-corrected chi connectivity index (χ3v) is 3.83. The molecule has 0 saturated carbocycles. The number of nitrogens with two attached hydrogens (primary N) is 1. The summed E-state index contributed by atoms with van der Waals surface area (Å²) < 4.78 is 0.820. The van der Waals surface area contributed by atoms with E-state index >= 15 is 0 Å². The summed E-state index contributed by atoms with van der Waals surface area (Å²) in [4.78, 5) is 4.40. The number of hydrogen-bond donors (Lipinski definition) is 2. The van der Waals surface area contributed by atoms with Crippen molar-refractivity contribution in [3.8, 4) is 0 Å². The zero-order chi connectivity index (χ0) is 15.3. The van der Waals surface area contributed by atoms with E-state index in [1.807, 2.05) is 18.2 Å². The lowest BCUT2D eigenvalue weighted by Crippen LogP contribution is -2.41. The minimum Gasteiger partial charge on any atom is -0.409 e. The largest absolute Gasteiger partial charge is 0.409 e. The van der Waals surface area contributed by atoms with Crippen LogP contribution in [-0.2, 0) is 0 Å². The third-order valence-electron chi connectivity index (χ3n) is 3.17. The fourth-order valence-electron chi connectivity index (χ4n) is 2.40. The van der Waals surface area contributed by atoms with Crippen LogP contribution >= 0.6 is 15.9 Å². The smallest absolute Gasteiger partial charge is 0.173 e. The number of halogens is 1. The summed E-state index contributed by atoms with van der Waals surface area (Å²) >= 11 is 3.48. The molecule has 0 aromatic heterocycles. The molecule has 6 heteroatoms. The van der Waals surface area contributed by atoms with Gasteiger partial charge in [-0.05, 0) is 56.0 Å². The highest BCUT2D eigenvalue weighted by atomic mass is 79.9. The van der Waals surface area contributed by atoms with Gasteiger partial charge in [-0.1, -0.05) is 11.2 Å². The van der Waals surface area contributed by atoms with Gasteiger partial charge < -0.3 is 20.7 Å². The van der Waals surface area contributed by atoms with Crippen LogP contribution in [0, 0.1) is 0 Å². The van der Waals surface area contributed by atoms with E-state index in [1.165, 1.54) is 0 Å². The summed E-state index contributed by atoms with van der Waals surface area (Å²) in [6.07, 6.45) is 0. The first-order valence-corrected chi connectivity index (χ1v) is 7.39. The molecular weight excluding hydrogens is 320 g/mol. The highest BCUT2D eigenvalue weighted by molar-refractivity contribution is 9.10. The molecule has 0 aliphatic rings. The molecule has 0 radical (unpaired) electrons. The van der Waals surface area contributed by atoms with Crippen molar-refractivity contribution in [3.63, 3.8) is 0 Å². The number of benzene rings is 1. The van der Waals surface area contributed by atoms with Crippen molar-refractivity contribution in [3.05, 3.63) is 28.2 Å². The lowest BCUT2D eigenvalue weighted by atomic mass is 10.1. The molecule has 20 heavy (non-hydrogen) atoms. The summed E-state index contributed by atoms with van der Waals surface area (Å²) in [6, 6.07) is 6.16. The summed E-state index contributed by atoms with van der Waals surface area (Å²) in [7, 11) is 4.10. The standard InChI is InChI=1S/C14H23BrN4O/c1-5-19(10(2)9-18(3)4)12-8-6-7-11(15)13(12)14(16)17-20/h6-8,10,20H,5,9H2,1-4H3,(H2,16,17). The molecule has 1 unspecified atom stereocenters. The molecule has 1 aromatic carbocycles. The molecule has 1 atom stereocenters. The molecule has 0 fully saturated rings. The fourth-order valence-corrected chi connectivity index (χ4v) is 2.96. The van der Waals surface area contributed by atoms with Crippen LogP contribution in [0.1, 0.15) is 19.4 Å². The Balaban J connectivity index is 3.25. The van der Waals surface area contributed by atoms with Crippen LogP contribution in [-0.4, -0.2) is 49.2 Å². The van der Waals surface area contributed by atoms with E-state index in [4.69, 9.17) is 10.9 Å². The average molecular weight is 343 g/mol. The monoisotopic (exact) mass is 342 g/mol. The average Bonchev–Trinajstić information content (AvgIpc) is 2.38. The highest BCUT2D eigenvalue weighted by Gasteiger charge is 2.20. The van der Waals surface area contributed by atoms with E-state index in [0.717, 1.165) is 28.8 Å². The molecule has 1 aromatic rings. The summed E-state index contributed by atoms with van der Waals surface area (Å²) in [6.45, 7) is 6.04. The van der Waals surface area contributed by atoms with Crippen molar-refractivity contribution in [1.82, 2.24) is 4.90 Å². The van der Waals surface area contributed by atoms with E-state index in [9.17, 15) is 0 Å². The Morgan fingerprint density at radius 1 is 1.45 bits per heavy atom. The first-order chi connectivity index (χ1) is 9.42. The predicted octanol–water partition coefficient (Wildman–Crippen LogP) is 2.32. The minimum absolute atomic E-state index is 0.114. The van der Waals surface area contributed by atoms with Gasteiger partial charge in [-0.25, -0.2) is 0 Å². The zero-order valence-corrected chi connectivity index (χ0v) is 14.1. The second kappa shape index (κ2) is 7.50. The van der Waals surface area contributed by atoms with E-state index in [-0.39, 0.29) is 5.84 Å². The summed E-state index contributed by atoms with van der Waals surface area (Å²) in [5.41, 5.74) is 7.51. The minimum atomic E-state index is 0.114. The van der Waals surface area contributed by atoms with Crippen molar-refractivity contribution in [2.45, 2.75) is 19.9 Å². The first-order valence-electron chi connectivity index (χ1n) is 6.60. The number of hydrogen-bond acceptors (Lipinski definition) is 4. The van der Waals surface area contributed by atoms with Crippen LogP contribution in [0.15, 0.2) is 27.8 Å². The Hall–Kier alpha value is -1.27. The maximum absolute atomic E-state index is 8.99. The topological polar surface area (TPSA) is 65.1 Å². The highest BCUT2D eigenvalue weighted by Crippen LogP contribution is 2.29. The molecule has 0 saturated heterocycles. The van der Waals surface area contributed by atoms with Crippen molar-refractivity contribution in [2.24, 2.45) is 10.9 Å². The molecule has 0 amide bonds. The lowest BCUT2D eigenvalue weighted by molar-refractivity contribution is 0.318. The fraction of sp³-hybridized carbons (Fsp3) is 0.500. The van der Waals surface area contributed by atoms with Gasteiger partial charge in [0.1, 0.15) is 0 Å². The van der Waals surface area contributed by atoms with Gasteiger partial charge in [-0.2, -0.15) is 0 Å². The predicted molar refractivity (Wildman–Crippen MR) is 87.7 cm³/mol. The molecule has 1 rings (SSSR count). The summed E-state index contributed by atoms with van der Waals surface area (Å²) in [5, 5.41) is 12.1. The number of likely N-dealkylation sites (N-methyl/N-ethyl adjacent to an activating group) is 2. The van der Waals surface area contributed by atoms with E-state index in [0.29, 0.717) is 6.04 Å². The van der Waals surface area contributed by atoms with Crippen LogP contribution in [0.2, 0.25) is 0 Å². The van der Waals surface area contributed by atoms with Crippen molar-refractivity contribution >= 4 is 27.5 Å². The molecular formula is C14H23BrN4O. The molecule has 3 N–H and O–H groups in total. The van der Waals surface area contributed by atoms with E-state index in [1.54, 1.807) is 0 Å². The molecule has 5 nitrogen and oxygen atoms in total. The third kappa shape index (κ3) is 3.86. The van der Waals surface area contributed by atoms with Crippen LogP contribution in [0.3, 0.4) is 0 Å². The molecule has 0 spiro atoms. The van der Waals surface area contributed by atoms with Gasteiger partial charge in [-0.15, -0.1) is 0 Å². The van der Waals surface area contributed by atoms with Gasteiger partial charge in [-0.3, -0.25) is 0 Å². The van der Waals surface area contributed by atoms with Crippen molar-refractivity contribution < 1.29 is 5.21 Å². The van der Waals surface area contributed by atoms with Crippen molar-refractivity contribution in [1.29, 1.82) is 0 Å². The Bertz CT molecular complexity index is 476. The van der Waals surface area contributed by atoms with Gasteiger partial charge in [0.05, 0.1) is 5.56 Å². The molecule has 0 aliphatic carbocycles. The number of nitrogens with zero attached hydrogens (tertiary/aromatic N) is 3. The van der Waals surface area contributed by atoms with Crippen LogP contribution in [0.5, 0.6) is 0 Å². The lowest BCUT2D eigenvalue weighted by Gasteiger charge is -2.33. The van der Waals surface area contributed by atoms with Crippen LogP contribution in [0.4, 0.5) is 5.69 Å². The number of anilines is 1. The quantitative estimate of drug-likeness (QED) is 0.360. The Labute approximate surface area is 129 Å². The van der Waals surface area contributed by atoms with Crippen LogP contribution in [0.25, 0.3) is 0 Å². The number of oxime groups is 1. The Morgan fingerprint density at radius 2 is 2.10 bits per heavy atom. The summed E-state index contributed by atoms with van der Waals surface area (Å²) in [5.74, 6) is 0.114. The zero-order valence-electron chi connectivity index (χ0n) is 12.5. The molecule has 0 heterocycles. The van der Waals surface area contributed by atoms with Gasteiger partial charge >= 0.3 is 0 Å². The Kier molecular flexibility index (Phi) is 6.29. The van der Waals surface area contributed by atoms with E-state index < -0.39 is 0 Å². The SMILES string of the molecule is CCN(c1cccc(Br)c1/C(N)=N/O)C(C)CN(C)C. The van der Waals surface area contributed by atoms with Gasteiger partial charge in [0, 0.05) is 29.3 Å². The first kappa shape index (κ1) is 16.8. The van der Waals surface area contributed by atoms with Crippen LogP contribution < -0.4 is 10.6 Å². The number of rotatable bonds is 6. The second-order valence-corrected chi connectivity index (χ2v) is 5.87. The molecule has 0 bridgehead atoms. The molecule has 112 valence electrons. The van der Waals surface area contributed by atoms with Gasteiger partial charge in [0.15, 0.2) is 5.84 Å². The van der Waals surface area contributed by atoms with E-state index in [2.05, 4.69) is 58.8 Å². The number of amidine groups is 1.